The van der Waals surface area contributed by atoms with Crippen LogP contribution in [0.4, 0.5) is 0 Å². The minimum Gasteiger partial charge on any atom is -0.457 e. The van der Waals surface area contributed by atoms with Crippen LogP contribution < -0.4 is 10.1 Å². The van der Waals surface area contributed by atoms with Gasteiger partial charge in [-0.1, -0.05) is 62.9 Å². The molecule has 2 heterocycles. The Hall–Kier alpha value is -2.61. The molecule has 1 saturated carbocycles. The third kappa shape index (κ3) is 7.82. The van der Waals surface area contributed by atoms with Crippen molar-refractivity contribution >= 4 is 24.2 Å². The van der Waals surface area contributed by atoms with E-state index in [0.717, 1.165) is 82.5 Å². The Labute approximate surface area is 251 Å². The highest BCUT2D eigenvalue weighted by Gasteiger charge is 2.48. The zero-order chi connectivity index (χ0) is 27.9. The second kappa shape index (κ2) is 15.0. The summed E-state index contributed by atoms with van der Waals surface area (Å²) in [5.41, 5.74) is 1.23. The number of halogens is 1. The van der Waals surface area contributed by atoms with Crippen molar-refractivity contribution < 1.29 is 19.4 Å². The smallest absolute Gasteiger partial charge is 0.248 e. The SMILES string of the molecule is CCCCN1C(=O)[C@@H]([C@H](O)C2CCCCC2)NC(=O)[C@H]1C1CCN(Cc2ccc(Oc3ccccc3)cc2)CC1.Cl. The highest BCUT2D eigenvalue weighted by atomic mass is 35.5. The Bertz CT molecular complexity index is 1100. The molecular weight excluding hydrogens is 538 g/mol. The molecule has 2 saturated heterocycles. The first-order valence-electron chi connectivity index (χ1n) is 15.4. The van der Waals surface area contributed by atoms with Crippen molar-refractivity contribution in [2.75, 3.05) is 19.6 Å². The predicted molar refractivity (Wildman–Crippen MR) is 163 cm³/mol. The van der Waals surface area contributed by atoms with E-state index in [1.165, 1.54) is 12.0 Å². The molecular formula is C33H46ClN3O4. The zero-order valence-electron chi connectivity index (χ0n) is 24.2. The van der Waals surface area contributed by atoms with Crippen LogP contribution in [0.15, 0.2) is 54.6 Å². The van der Waals surface area contributed by atoms with E-state index in [9.17, 15) is 14.7 Å². The van der Waals surface area contributed by atoms with Crippen molar-refractivity contribution in [3.8, 4) is 11.5 Å². The number of carbonyl (C=O) groups is 2. The molecule has 1 aliphatic carbocycles. The average Bonchev–Trinajstić information content (AvgIpc) is 2.99. The Kier molecular flexibility index (Phi) is 11.5. The molecule has 0 unspecified atom stereocenters. The number of aliphatic hydroxyl groups excluding tert-OH is 1. The number of nitrogens with zero attached hydrogens (tertiary/aromatic N) is 2. The van der Waals surface area contributed by atoms with E-state index in [2.05, 4.69) is 29.3 Å². The highest BCUT2D eigenvalue weighted by Crippen LogP contribution is 2.32. The molecule has 2 aromatic rings. The van der Waals surface area contributed by atoms with Crippen LogP contribution in [0, 0.1) is 11.8 Å². The molecule has 0 spiro atoms. The van der Waals surface area contributed by atoms with Crippen LogP contribution in [0.2, 0.25) is 0 Å². The third-order valence-corrected chi connectivity index (χ3v) is 9.07. The van der Waals surface area contributed by atoms with Gasteiger partial charge in [0.2, 0.25) is 11.8 Å². The number of piperidine rings is 1. The Balaban J connectivity index is 0.00000387. The molecule has 0 bridgehead atoms. The lowest BCUT2D eigenvalue weighted by atomic mass is 9.80. The van der Waals surface area contributed by atoms with Gasteiger partial charge in [0, 0.05) is 13.1 Å². The maximum atomic E-state index is 13.7. The normalized spacial score (nSPS) is 23.5. The Morgan fingerprint density at radius 2 is 1.59 bits per heavy atom. The summed E-state index contributed by atoms with van der Waals surface area (Å²) in [4.78, 5) is 31.5. The van der Waals surface area contributed by atoms with E-state index in [-0.39, 0.29) is 36.1 Å². The number of para-hydroxylation sites is 1. The van der Waals surface area contributed by atoms with Gasteiger partial charge in [-0.25, -0.2) is 0 Å². The van der Waals surface area contributed by atoms with Crippen LogP contribution in [-0.2, 0) is 16.1 Å². The van der Waals surface area contributed by atoms with Crippen molar-refractivity contribution in [1.82, 2.24) is 15.1 Å². The average molecular weight is 584 g/mol. The van der Waals surface area contributed by atoms with Crippen molar-refractivity contribution in [3.63, 3.8) is 0 Å². The van der Waals surface area contributed by atoms with Gasteiger partial charge in [-0.05, 0) is 86.9 Å². The van der Waals surface area contributed by atoms with E-state index in [0.29, 0.717) is 6.54 Å². The number of aliphatic hydroxyl groups is 1. The van der Waals surface area contributed by atoms with Crippen molar-refractivity contribution in [2.24, 2.45) is 11.8 Å². The number of amides is 2. The molecule has 2 aromatic carbocycles. The molecule has 3 fully saturated rings. The fourth-order valence-corrected chi connectivity index (χ4v) is 6.76. The van der Waals surface area contributed by atoms with Crippen molar-refractivity contribution in [1.29, 1.82) is 0 Å². The van der Waals surface area contributed by atoms with Gasteiger partial charge in [0.25, 0.3) is 0 Å². The summed E-state index contributed by atoms with van der Waals surface area (Å²) in [7, 11) is 0. The van der Waals surface area contributed by atoms with Gasteiger partial charge in [-0.3, -0.25) is 14.5 Å². The fraction of sp³-hybridized carbons (Fsp3) is 0.576. The first-order chi connectivity index (χ1) is 19.5. The summed E-state index contributed by atoms with van der Waals surface area (Å²) in [6.45, 7) is 5.32. The summed E-state index contributed by atoms with van der Waals surface area (Å²) < 4.78 is 5.92. The zero-order valence-corrected chi connectivity index (χ0v) is 25.1. The molecule has 5 rings (SSSR count). The largest absolute Gasteiger partial charge is 0.457 e. The molecule has 0 radical (unpaired) electrons. The number of hydrogen-bond acceptors (Lipinski definition) is 5. The van der Waals surface area contributed by atoms with Crippen LogP contribution >= 0.6 is 12.4 Å². The monoisotopic (exact) mass is 583 g/mol. The van der Waals surface area contributed by atoms with Gasteiger partial charge >= 0.3 is 0 Å². The van der Waals surface area contributed by atoms with E-state index >= 15 is 0 Å². The van der Waals surface area contributed by atoms with E-state index < -0.39 is 18.2 Å². The number of rotatable bonds is 10. The molecule has 7 nitrogen and oxygen atoms in total. The lowest BCUT2D eigenvalue weighted by Gasteiger charge is -2.46. The molecule has 3 atom stereocenters. The highest BCUT2D eigenvalue weighted by molar-refractivity contribution is 5.97. The van der Waals surface area contributed by atoms with Crippen LogP contribution in [0.25, 0.3) is 0 Å². The third-order valence-electron chi connectivity index (χ3n) is 9.07. The summed E-state index contributed by atoms with van der Waals surface area (Å²) in [6.07, 6.45) is 8.00. The van der Waals surface area contributed by atoms with E-state index in [4.69, 9.17) is 4.74 Å². The second-order valence-corrected chi connectivity index (χ2v) is 11.9. The number of hydrogen-bond donors (Lipinski definition) is 2. The number of benzene rings is 2. The standard InChI is InChI=1S/C33H45N3O4.ClH/c1-2-3-20-36-30(32(38)34-29(33(36)39)31(37)26-10-6-4-7-11-26)25-18-21-35(22-19-25)23-24-14-16-28(17-15-24)40-27-12-8-5-9-13-27;/h5,8-9,12-17,25-26,29-31,37H,2-4,6-7,10-11,18-23H2,1H3,(H,34,38);1H/t29-,30-,31-;/m1./s1. The first kappa shape index (κ1) is 31.3. The van der Waals surface area contributed by atoms with Gasteiger partial charge in [0.1, 0.15) is 23.6 Å². The van der Waals surface area contributed by atoms with Gasteiger partial charge in [0.05, 0.1) is 6.10 Å². The van der Waals surface area contributed by atoms with Gasteiger partial charge in [-0.15, -0.1) is 12.4 Å². The minimum absolute atomic E-state index is 0. The summed E-state index contributed by atoms with van der Waals surface area (Å²) in [5.74, 6) is 1.70. The molecule has 41 heavy (non-hydrogen) atoms. The van der Waals surface area contributed by atoms with E-state index in [1.54, 1.807) is 0 Å². The lowest BCUT2D eigenvalue weighted by molar-refractivity contribution is -0.157. The lowest BCUT2D eigenvalue weighted by Crippen LogP contribution is -2.69. The molecule has 8 heteroatoms. The molecule has 3 aliphatic rings. The quantitative estimate of drug-likeness (QED) is 0.383. The minimum atomic E-state index is -0.808. The van der Waals surface area contributed by atoms with Crippen LogP contribution in [-0.4, -0.2) is 64.5 Å². The summed E-state index contributed by atoms with van der Waals surface area (Å²) in [5, 5.41) is 14.1. The van der Waals surface area contributed by atoms with Gasteiger partial charge in [-0.2, -0.15) is 0 Å². The summed E-state index contributed by atoms with van der Waals surface area (Å²) >= 11 is 0. The van der Waals surface area contributed by atoms with Gasteiger partial charge < -0.3 is 20.1 Å². The van der Waals surface area contributed by atoms with Gasteiger partial charge in [0.15, 0.2) is 0 Å². The topological polar surface area (TPSA) is 82.1 Å². The number of likely N-dealkylation sites (tertiary alicyclic amines) is 1. The van der Waals surface area contributed by atoms with Crippen LogP contribution in [0.1, 0.15) is 70.3 Å². The molecule has 224 valence electrons. The fourth-order valence-electron chi connectivity index (χ4n) is 6.76. The molecule has 2 N–H and O–H groups in total. The number of piperazine rings is 1. The van der Waals surface area contributed by atoms with Crippen molar-refractivity contribution in [3.05, 3.63) is 60.2 Å². The number of ether oxygens (including phenoxy) is 1. The predicted octanol–water partition coefficient (Wildman–Crippen LogP) is 5.55. The van der Waals surface area contributed by atoms with Crippen molar-refractivity contribution in [2.45, 2.75) is 89.4 Å². The number of nitrogens with one attached hydrogen (secondary N) is 1. The molecule has 2 aliphatic heterocycles. The van der Waals surface area contributed by atoms with Crippen LogP contribution in [0.3, 0.4) is 0 Å². The molecule has 2 amide bonds. The second-order valence-electron chi connectivity index (χ2n) is 11.9. The van der Waals surface area contributed by atoms with E-state index in [1.807, 2.05) is 47.4 Å². The number of carbonyl (C=O) groups excluding carboxylic acids is 2. The Morgan fingerprint density at radius 1 is 0.927 bits per heavy atom. The maximum Gasteiger partial charge on any atom is 0.248 e. The maximum absolute atomic E-state index is 13.7. The number of unbranched alkanes of at least 4 members (excludes halogenated alkanes) is 1. The summed E-state index contributed by atoms with van der Waals surface area (Å²) in [6, 6.07) is 16.8. The first-order valence-corrected chi connectivity index (χ1v) is 15.4. The van der Waals surface area contributed by atoms with Crippen LogP contribution in [0.5, 0.6) is 11.5 Å². The Morgan fingerprint density at radius 3 is 2.24 bits per heavy atom. The molecule has 0 aromatic heterocycles.